The van der Waals surface area contributed by atoms with Crippen LogP contribution in [0.4, 0.5) is 0 Å². The van der Waals surface area contributed by atoms with E-state index in [1.165, 1.54) is 24.0 Å². The molecule has 3 nitrogen and oxygen atoms in total. The maximum absolute atomic E-state index is 6.03. The molecule has 0 saturated heterocycles. The summed E-state index contributed by atoms with van der Waals surface area (Å²) in [5.41, 5.74) is 3.47. The molecular weight excluding hydrogens is 258 g/mol. The summed E-state index contributed by atoms with van der Waals surface area (Å²) in [4.78, 5) is 0. The van der Waals surface area contributed by atoms with E-state index in [0.717, 1.165) is 29.8 Å². The SMILES string of the molecule is Cc1nn(Cc2cccc(CNC3CC3)c2)cc1Cl. The van der Waals surface area contributed by atoms with Crippen LogP contribution in [0.5, 0.6) is 0 Å². The predicted octanol–water partition coefficient (Wildman–Crippen LogP) is 3.15. The Morgan fingerprint density at radius 1 is 1.37 bits per heavy atom. The number of nitrogens with one attached hydrogen (secondary N) is 1. The second kappa shape index (κ2) is 5.35. The molecular formula is C15H18ClN3. The van der Waals surface area contributed by atoms with Gasteiger partial charge in [-0.2, -0.15) is 5.10 Å². The maximum atomic E-state index is 6.03. The van der Waals surface area contributed by atoms with Crippen molar-refractivity contribution in [1.82, 2.24) is 15.1 Å². The number of benzene rings is 1. The van der Waals surface area contributed by atoms with Crippen molar-refractivity contribution in [2.45, 2.75) is 38.9 Å². The molecule has 1 heterocycles. The number of hydrogen-bond acceptors (Lipinski definition) is 2. The summed E-state index contributed by atoms with van der Waals surface area (Å²) in [6, 6.07) is 9.39. The molecule has 1 aliphatic carbocycles. The van der Waals surface area contributed by atoms with Crippen molar-refractivity contribution >= 4 is 11.6 Å². The van der Waals surface area contributed by atoms with Gasteiger partial charge in [0.05, 0.1) is 17.3 Å². The smallest absolute Gasteiger partial charge is 0.0815 e. The van der Waals surface area contributed by atoms with Gasteiger partial charge >= 0.3 is 0 Å². The number of hydrogen-bond donors (Lipinski definition) is 1. The largest absolute Gasteiger partial charge is 0.310 e. The number of rotatable bonds is 5. The molecule has 100 valence electrons. The highest BCUT2D eigenvalue weighted by molar-refractivity contribution is 6.31. The van der Waals surface area contributed by atoms with Crippen LogP contribution < -0.4 is 5.32 Å². The van der Waals surface area contributed by atoms with Crippen LogP contribution in [-0.4, -0.2) is 15.8 Å². The van der Waals surface area contributed by atoms with Gasteiger partial charge in [0.25, 0.3) is 0 Å². The maximum Gasteiger partial charge on any atom is 0.0815 e. The zero-order chi connectivity index (χ0) is 13.2. The lowest BCUT2D eigenvalue weighted by Gasteiger charge is -2.06. The molecule has 1 aromatic heterocycles. The van der Waals surface area contributed by atoms with Crippen LogP contribution in [0.25, 0.3) is 0 Å². The lowest BCUT2D eigenvalue weighted by atomic mass is 10.1. The fourth-order valence-corrected chi connectivity index (χ4v) is 2.30. The predicted molar refractivity (Wildman–Crippen MR) is 77.4 cm³/mol. The van der Waals surface area contributed by atoms with Gasteiger partial charge < -0.3 is 5.32 Å². The molecule has 1 aliphatic rings. The first-order chi connectivity index (χ1) is 9.20. The third-order valence-electron chi connectivity index (χ3n) is 3.39. The minimum Gasteiger partial charge on any atom is -0.310 e. The van der Waals surface area contributed by atoms with Crippen molar-refractivity contribution in [2.24, 2.45) is 0 Å². The minimum atomic E-state index is 0.728. The van der Waals surface area contributed by atoms with Crippen LogP contribution in [0.2, 0.25) is 5.02 Å². The summed E-state index contributed by atoms with van der Waals surface area (Å²) in [7, 11) is 0. The normalized spacial score (nSPS) is 14.8. The zero-order valence-electron chi connectivity index (χ0n) is 11.1. The third-order valence-corrected chi connectivity index (χ3v) is 3.77. The van der Waals surface area contributed by atoms with Gasteiger partial charge in [0.2, 0.25) is 0 Å². The number of halogens is 1. The average Bonchev–Trinajstić information content (AvgIpc) is 3.15. The van der Waals surface area contributed by atoms with Gasteiger partial charge in [0, 0.05) is 18.8 Å². The molecule has 0 atom stereocenters. The Hall–Kier alpha value is -1.32. The summed E-state index contributed by atoms with van der Waals surface area (Å²) in [5.74, 6) is 0. The highest BCUT2D eigenvalue weighted by atomic mass is 35.5. The van der Waals surface area contributed by atoms with E-state index in [9.17, 15) is 0 Å². The van der Waals surface area contributed by atoms with E-state index in [1.807, 2.05) is 17.8 Å². The highest BCUT2D eigenvalue weighted by Gasteiger charge is 2.19. The fraction of sp³-hybridized carbons (Fsp3) is 0.400. The zero-order valence-corrected chi connectivity index (χ0v) is 11.8. The molecule has 0 aliphatic heterocycles. The van der Waals surface area contributed by atoms with Crippen molar-refractivity contribution in [3.8, 4) is 0 Å². The first-order valence-corrected chi connectivity index (χ1v) is 7.09. The Labute approximate surface area is 118 Å². The standard InChI is InChI=1S/C15H18ClN3/c1-11-15(16)10-19(18-11)9-13-4-2-3-12(7-13)8-17-14-5-6-14/h2-4,7,10,14,17H,5-6,8-9H2,1H3. The molecule has 0 radical (unpaired) electrons. The Morgan fingerprint density at radius 3 is 2.84 bits per heavy atom. The van der Waals surface area contributed by atoms with Gasteiger partial charge in [-0.05, 0) is 30.9 Å². The van der Waals surface area contributed by atoms with Gasteiger partial charge in [0.1, 0.15) is 0 Å². The van der Waals surface area contributed by atoms with Gasteiger partial charge in [-0.25, -0.2) is 0 Å². The Balaban J connectivity index is 1.67. The average molecular weight is 276 g/mol. The van der Waals surface area contributed by atoms with Crippen molar-refractivity contribution in [1.29, 1.82) is 0 Å². The molecule has 0 amide bonds. The first kappa shape index (κ1) is 12.7. The van der Waals surface area contributed by atoms with Crippen LogP contribution in [-0.2, 0) is 13.1 Å². The van der Waals surface area contributed by atoms with Gasteiger partial charge in [0.15, 0.2) is 0 Å². The van der Waals surface area contributed by atoms with Crippen molar-refractivity contribution in [2.75, 3.05) is 0 Å². The van der Waals surface area contributed by atoms with Gasteiger partial charge in [-0.15, -0.1) is 0 Å². The van der Waals surface area contributed by atoms with Gasteiger partial charge in [-0.3, -0.25) is 4.68 Å². The van der Waals surface area contributed by atoms with E-state index in [4.69, 9.17) is 11.6 Å². The van der Waals surface area contributed by atoms with Gasteiger partial charge in [-0.1, -0.05) is 35.9 Å². The summed E-state index contributed by atoms with van der Waals surface area (Å²) in [5, 5.41) is 8.65. The molecule has 0 spiro atoms. The van der Waals surface area contributed by atoms with E-state index < -0.39 is 0 Å². The second-order valence-electron chi connectivity index (χ2n) is 5.24. The van der Waals surface area contributed by atoms with E-state index in [-0.39, 0.29) is 0 Å². The summed E-state index contributed by atoms with van der Waals surface area (Å²) in [6.45, 7) is 3.65. The first-order valence-electron chi connectivity index (χ1n) is 6.71. The molecule has 4 heteroatoms. The van der Waals surface area contributed by atoms with E-state index in [1.54, 1.807) is 0 Å². The molecule has 1 N–H and O–H groups in total. The molecule has 19 heavy (non-hydrogen) atoms. The van der Waals surface area contributed by atoms with E-state index in [0.29, 0.717) is 0 Å². The fourth-order valence-electron chi connectivity index (χ4n) is 2.15. The summed E-state index contributed by atoms with van der Waals surface area (Å²) in [6.07, 6.45) is 4.53. The molecule has 0 bridgehead atoms. The topological polar surface area (TPSA) is 29.9 Å². The van der Waals surface area contributed by atoms with Crippen molar-refractivity contribution in [3.05, 3.63) is 52.3 Å². The van der Waals surface area contributed by atoms with Crippen LogP contribution in [0.3, 0.4) is 0 Å². The lowest BCUT2D eigenvalue weighted by Crippen LogP contribution is -2.15. The molecule has 1 saturated carbocycles. The Bertz CT molecular complexity index is 553. The second-order valence-corrected chi connectivity index (χ2v) is 5.64. The van der Waals surface area contributed by atoms with Crippen LogP contribution >= 0.6 is 11.6 Å². The molecule has 0 unspecified atom stereocenters. The van der Waals surface area contributed by atoms with E-state index in [2.05, 4.69) is 34.7 Å². The Kier molecular flexibility index (Phi) is 3.58. The van der Waals surface area contributed by atoms with E-state index >= 15 is 0 Å². The third kappa shape index (κ3) is 3.37. The molecule has 1 fully saturated rings. The number of nitrogens with zero attached hydrogens (tertiary/aromatic N) is 2. The minimum absolute atomic E-state index is 0.728. The summed E-state index contributed by atoms with van der Waals surface area (Å²) >= 11 is 6.03. The monoisotopic (exact) mass is 275 g/mol. The number of aryl methyl sites for hydroxylation is 1. The van der Waals surface area contributed by atoms with Crippen molar-refractivity contribution in [3.63, 3.8) is 0 Å². The molecule has 1 aromatic carbocycles. The summed E-state index contributed by atoms with van der Waals surface area (Å²) < 4.78 is 1.89. The number of aromatic nitrogens is 2. The molecule has 2 aromatic rings. The van der Waals surface area contributed by atoms with Crippen LogP contribution in [0, 0.1) is 6.92 Å². The van der Waals surface area contributed by atoms with Crippen LogP contribution in [0.15, 0.2) is 30.5 Å². The van der Waals surface area contributed by atoms with Crippen LogP contribution in [0.1, 0.15) is 29.7 Å². The lowest BCUT2D eigenvalue weighted by molar-refractivity contribution is 0.670. The highest BCUT2D eigenvalue weighted by Crippen LogP contribution is 2.19. The quantitative estimate of drug-likeness (QED) is 0.908. The molecule has 3 rings (SSSR count). The Morgan fingerprint density at radius 2 is 2.16 bits per heavy atom. The van der Waals surface area contributed by atoms with Crippen molar-refractivity contribution < 1.29 is 0 Å².